The van der Waals surface area contributed by atoms with Gasteiger partial charge in [0.2, 0.25) is 0 Å². The smallest absolute Gasteiger partial charge is 0.193 e. The minimum absolute atomic E-state index is 0.130. The van der Waals surface area contributed by atoms with Crippen molar-refractivity contribution in [2.75, 3.05) is 0 Å². The monoisotopic (exact) mass is 304 g/mol. The maximum absolute atomic E-state index is 12.9. The third kappa shape index (κ3) is 3.44. The van der Waals surface area contributed by atoms with E-state index >= 15 is 0 Å². The van der Waals surface area contributed by atoms with Crippen LogP contribution in [0.3, 0.4) is 0 Å². The van der Waals surface area contributed by atoms with Crippen molar-refractivity contribution in [3.8, 4) is 0 Å². The highest BCUT2D eigenvalue weighted by Gasteiger charge is 2.13. The molecule has 0 N–H and O–H groups in total. The molecule has 0 aliphatic heterocycles. The summed E-state index contributed by atoms with van der Waals surface area (Å²) in [5.74, 6) is 0.130. The Morgan fingerprint density at radius 1 is 0.591 bits per heavy atom. The van der Waals surface area contributed by atoms with Crippen molar-refractivity contribution in [1.29, 1.82) is 0 Å². The van der Waals surface area contributed by atoms with Gasteiger partial charge in [0.1, 0.15) is 0 Å². The Labute approximate surface area is 132 Å². The molecule has 0 saturated carbocycles. The fourth-order valence-corrected chi connectivity index (χ4v) is 3.76. The number of carbonyl (C=O) groups excluding carboxylic acids is 1. The molecule has 1 nitrogen and oxygen atoms in total. The molecule has 3 aromatic rings. The van der Waals surface area contributed by atoms with Crippen LogP contribution in [-0.4, -0.2) is 11.1 Å². The van der Waals surface area contributed by atoms with Gasteiger partial charge >= 0.3 is 0 Å². The molecule has 0 heterocycles. The first-order chi connectivity index (χ1) is 10.8. The minimum Gasteiger partial charge on any atom is -0.289 e. The maximum Gasteiger partial charge on any atom is 0.193 e. The fourth-order valence-electron chi connectivity index (χ4n) is 2.36. The minimum atomic E-state index is -0.237. The number of benzene rings is 3. The molecule has 0 bridgehead atoms. The Morgan fingerprint density at radius 2 is 1.05 bits per heavy atom. The molecule has 3 rings (SSSR count). The van der Waals surface area contributed by atoms with E-state index in [1.165, 1.54) is 5.30 Å². The summed E-state index contributed by atoms with van der Waals surface area (Å²) >= 11 is 0. The number of ketones is 1. The molecule has 0 amide bonds. The van der Waals surface area contributed by atoms with E-state index in [9.17, 15) is 4.79 Å². The maximum atomic E-state index is 12.9. The normalized spacial score (nSPS) is 11.5. The van der Waals surface area contributed by atoms with Gasteiger partial charge in [0, 0.05) is 10.9 Å². The van der Waals surface area contributed by atoms with Crippen LogP contribution in [-0.2, 0) is 0 Å². The van der Waals surface area contributed by atoms with Gasteiger partial charge in [-0.05, 0) is 10.9 Å². The molecule has 0 spiro atoms. The van der Waals surface area contributed by atoms with Gasteiger partial charge in [-0.25, -0.2) is 0 Å². The van der Waals surface area contributed by atoms with Gasteiger partial charge in [-0.1, -0.05) is 99.2 Å². The van der Waals surface area contributed by atoms with E-state index in [-0.39, 0.29) is 14.0 Å². The summed E-state index contributed by atoms with van der Waals surface area (Å²) in [6.45, 7) is 0. The molecular weight excluding hydrogens is 287 g/mol. The predicted octanol–water partition coefficient (Wildman–Crippen LogP) is 3.83. The molecule has 0 fully saturated rings. The van der Waals surface area contributed by atoms with Crippen LogP contribution < -0.4 is 5.30 Å². The van der Waals surface area contributed by atoms with Crippen molar-refractivity contribution < 1.29 is 4.79 Å². The SMILES string of the molecule is O=C(C(=[PH2]c1ccccc1)c1ccccc1)c1ccccc1. The largest absolute Gasteiger partial charge is 0.289 e. The summed E-state index contributed by atoms with van der Waals surface area (Å²) in [5.41, 5.74) is 1.78. The lowest BCUT2D eigenvalue weighted by atomic mass is 10.0. The first-order valence-electron chi connectivity index (χ1n) is 7.26. The number of hydrogen-bond donors (Lipinski definition) is 0. The molecule has 2 heteroatoms. The molecule has 3 aromatic carbocycles. The van der Waals surface area contributed by atoms with Gasteiger partial charge in [-0.3, -0.25) is 4.79 Å². The van der Waals surface area contributed by atoms with Gasteiger partial charge in [0.15, 0.2) is 5.78 Å². The molecule has 0 aromatic heterocycles. The van der Waals surface area contributed by atoms with Gasteiger partial charge in [0.25, 0.3) is 0 Å². The number of rotatable bonds is 4. The van der Waals surface area contributed by atoms with E-state index in [2.05, 4.69) is 12.1 Å². The van der Waals surface area contributed by atoms with Crippen LogP contribution in [0, 0.1) is 0 Å². The molecule has 1 unspecified atom stereocenters. The summed E-state index contributed by atoms with van der Waals surface area (Å²) < 4.78 is 0. The number of Topliss-reactive ketones (excluding diaryl/α,β-unsaturated/α-hetero) is 1. The van der Waals surface area contributed by atoms with Crippen molar-refractivity contribution in [3.05, 3.63) is 102 Å². The quantitative estimate of drug-likeness (QED) is 0.529. The van der Waals surface area contributed by atoms with Crippen LogP contribution in [0.1, 0.15) is 15.9 Å². The van der Waals surface area contributed by atoms with Crippen LogP contribution in [0.15, 0.2) is 91.0 Å². The summed E-state index contributed by atoms with van der Waals surface area (Å²) in [5, 5.41) is 2.14. The second-order valence-corrected chi connectivity index (χ2v) is 6.56. The Balaban J connectivity index is 2.08. The summed E-state index contributed by atoms with van der Waals surface area (Å²) in [4.78, 5) is 12.9. The number of hydrogen-bond acceptors (Lipinski definition) is 1. The topological polar surface area (TPSA) is 17.1 Å². The molecule has 0 saturated heterocycles. The van der Waals surface area contributed by atoms with Crippen molar-refractivity contribution in [2.24, 2.45) is 0 Å². The Hall–Kier alpha value is -2.37. The molecule has 1 atom stereocenters. The first kappa shape index (κ1) is 14.6. The molecule has 108 valence electrons. The van der Waals surface area contributed by atoms with Crippen molar-refractivity contribution in [1.82, 2.24) is 0 Å². The summed E-state index contributed by atoms with van der Waals surface area (Å²) in [6, 6.07) is 29.8. The summed E-state index contributed by atoms with van der Waals surface area (Å²) in [7, 11) is -0.237. The second kappa shape index (κ2) is 7.06. The lowest BCUT2D eigenvalue weighted by Crippen LogP contribution is -2.15. The van der Waals surface area contributed by atoms with E-state index in [0.717, 1.165) is 16.4 Å². The van der Waals surface area contributed by atoms with Crippen LogP contribution in [0.2, 0.25) is 0 Å². The standard InChI is InChI=1S/C20H17OP/c21-19(16-10-4-1-5-11-16)20(17-12-6-2-7-13-17)22-18-14-8-3-9-15-18/h1-15H,22H2. The average molecular weight is 304 g/mol. The molecule has 0 aliphatic carbocycles. The molecule has 22 heavy (non-hydrogen) atoms. The van der Waals surface area contributed by atoms with Gasteiger partial charge in [-0.2, -0.15) is 0 Å². The highest BCUT2D eigenvalue weighted by atomic mass is 31.1. The van der Waals surface area contributed by atoms with E-state index in [1.807, 2.05) is 78.9 Å². The van der Waals surface area contributed by atoms with Crippen LogP contribution in [0.4, 0.5) is 0 Å². The summed E-state index contributed by atoms with van der Waals surface area (Å²) in [6.07, 6.45) is 0. The third-order valence-corrected chi connectivity index (χ3v) is 5.08. The highest BCUT2D eigenvalue weighted by molar-refractivity contribution is 7.52. The highest BCUT2D eigenvalue weighted by Crippen LogP contribution is 2.15. The Bertz CT molecular complexity index is 778. The molecule has 0 radical (unpaired) electrons. The van der Waals surface area contributed by atoms with Crippen LogP contribution in [0.25, 0.3) is 0 Å². The zero-order chi connectivity index (χ0) is 15.2. The molecular formula is C20H17OP. The lowest BCUT2D eigenvalue weighted by Gasteiger charge is -2.08. The predicted molar refractivity (Wildman–Crippen MR) is 97.1 cm³/mol. The van der Waals surface area contributed by atoms with Crippen molar-refractivity contribution >= 4 is 24.6 Å². The Kier molecular flexibility index (Phi) is 4.68. The van der Waals surface area contributed by atoms with E-state index in [4.69, 9.17) is 0 Å². The zero-order valence-corrected chi connectivity index (χ0v) is 13.3. The van der Waals surface area contributed by atoms with Crippen molar-refractivity contribution in [3.63, 3.8) is 0 Å². The van der Waals surface area contributed by atoms with Crippen molar-refractivity contribution in [2.45, 2.75) is 0 Å². The van der Waals surface area contributed by atoms with E-state index in [1.54, 1.807) is 0 Å². The van der Waals surface area contributed by atoms with Gasteiger partial charge in [-0.15, -0.1) is 0 Å². The Morgan fingerprint density at radius 3 is 1.59 bits per heavy atom. The van der Waals surface area contributed by atoms with E-state index < -0.39 is 0 Å². The fraction of sp³-hybridized carbons (Fsp3) is 0. The van der Waals surface area contributed by atoms with Crippen LogP contribution >= 0.6 is 8.20 Å². The lowest BCUT2D eigenvalue weighted by molar-refractivity contribution is 0.106. The second-order valence-electron chi connectivity index (χ2n) is 5.03. The average Bonchev–Trinajstić information content (AvgIpc) is 2.61. The molecule has 0 aliphatic rings. The third-order valence-electron chi connectivity index (χ3n) is 3.48. The van der Waals surface area contributed by atoms with Crippen LogP contribution in [0.5, 0.6) is 0 Å². The first-order valence-corrected chi connectivity index (χ1v) is 8.42. The van der Waals surface area contributed by atoms with E-state index in [0.29, 0.717) is 0 Å². The zero-order valence-electron chi connectivity index (χ0n) is 12.1. The van der Waals surface area contributed by atoms with Gasteiger partial charge < -0.3 is 0 Å². The van der Waals surface area contributed by atoms with Gasteiger partial charge in [0.05, 0.1) is 0 Å². The number of carbonyl (C=O) groups is 1.